The summed E-state index contributed by atoms with van der Waals surface area (Å²) in [5, 5.41) is 3.55. The van der Waals surface area contributed by atoms with Crippen LogP contribution in [0.1, 0.15) is 46.0 Å². The molecule has 38 heavy (non-hydrogen) atoms. The molecule has 6 rings (SSSR count). The quantitative estimate of drug-likeness (QED) is 0.285. The Morgan fingerprint density at radius 3 is 2.08 bits per heavy atom. The van der Waals surface area contributed by atoms with Crippen molar-refractivity contribution in [2.75, 3.05) is 6.26 Å². The maximum atomic E-state index is 12.8. The van der Waals surface area contributed by atoms with E-state index >= 15 is 0 Å². The first-order valence-electron chi connectivity index (χ1n) is 11.9. The van der Waals surface area contributed by atoms with Gasteiger partial charge in [0, 0.05) is 42.0 Å². The molecule has 3 aromatic heterocycles. The van der Waals surface area contributed by atoms with Crippen molar-refractivity contribution in [1.82, 2.24) is 5.16 Å². The molecule has 0 N–H and O–H groups in total. The Hall–Kier alpha value is -3.86. The topological polar surface area (TPSA) is 85.0 Å². The molecule has 0 atom stereocenters. The molecule has 2 aliphatic rings. The van der Waals surface area contributed by atoms with Crippen LogP contribution in [0.2, 0.25) is 0 Å². The highest BCUT2D eigenvalue weighted by molar-refractivity contribution is 7.90. The van der Waals surface area contributed by atoms with Gasteiger partial charge in [0.1, 0.15) is 0 Å². The molecular formula is C27H24F3N3O4S+2. The summed E-state index contributed by atoms with van der Waals surface area (Å²) in [5.74, 6) is -0.325. The van der Waals surface area contributed by atoms with Crippen LogP contribution in [-0.4, -0.2) is 25.6 Å². The minimum atomic E-state index is -4.71. The fourth-order valence-electron chi connectivity index (χ4n) is 4.42. The zero-order valence-corrected chi connectivity index (χ0v) is 21.2. The lowest BCUT2D eigenvalue weighted by molar-refractivity contribution is -0.794. The van der Waals surface area contributed by atoms with E-state index in [9.17, 15) is 26.4 Å². The van der Waals surface area contributed by atoms with Crippen molar-refractivity contribution >= 4 is 15.6 Å². The van der Waals surface area contributed by atoms with Crippen molar-refractivity contribution in [2.24, 2.45) is 0 Å². The summed E-state index contributed by atoms with van der Waals surface area (Å²) in [7, 11) is -4.04. The summed E-state index contributed by atoms with van der Waals surface area (Å²) in [6.07, 6.45) is 3.15. The van der Waals surface area contributed by atoms with Crippen LogP contribution in [0.15, 0.2) is 82.6 Å². The van der Waals surface area contributed by atoms with Crippen LogP contribution in [0.4, 0.5) is 13.2 Å². The van der Waals surface area contributed by atoms with Gasteiger partial charge >= 0.3 is 6.18 Å². The minimum Gasteiger partial charge on any atom is -0.360 e. The Balaban J connectivity index is 0.000000177. The lowest BCUT2D eigenvalue weighted by Gasteiger charge is -2.11. The maximum Gasteiger partial charge on any atom is 0.416 e. The predicted octanol–water partition coefficient (Wildman–Crippen LogP) is 4.15. The van der Waals surface area contributed by atoms with Crippen LogP contribution in [-0.2, 0) is 29.1 Å². The molecule has 0 amide bonds. The van der Waals surface area contributed by atoms with Gasteiger partial charge in [0.25, 0.3) is 11.4 Å². The molecule has 0 unspecified atom stereocenters. The molecule has 196 valence electrons. The molecule has 7 nitrogen and oxygen atoms in total. The normalized spacial score (nSPS) is 14.6. The van der Waals surface area contributed by atoms with E-state index in [-0.39, 0.29) is 17.0 Å². The van der Waals surface area contributed by atoms with E-state index in [2.05, 4.69) is 63.1 Å². The first-order valence-corrected chi connectivity index (χ1v) is 13.8. The number of carbonyl (C=O) groups is 1. The van der Waals surface area contributed by atoms with Gasteiger partial charge in [0.15, 0.2) is 33.8 Å². The van der Waals surface area contributed by atoms with Crippen molar-refractivity contribution in [1.29, 1.82) is 0 Å². The third kappa shape index (κ3) is 5.24. The Kier molecular flexibility index (Phi) is 6.64. The molecule has 0 saturated heterocycles. The number of carbonyl (C=O) groups excluding carboxylic acids is 1. The smallest absolute Gasteiger partial charge is 0.360 e. The number of hydrogen-bond acceptors (Lipinski definition) is 5. The van der Waals surface area contributed by atoms with Gasteiger partial charge in [-0.1, -0.05) is 5.16 Å². The molecule has 4 heterocycles. The van der Waals surface area contributed by atoms with Crippen LogP contribution >= 0.6 is 0 Å². The van der Waals surface area contributed by atoms with E-state index in [0.29, 0.717) is 17.9 Å². The first-order chi connectivity index (χ1) is 18.0. The molecule has 1 aliphatic heterocycles. The Morgan fingerprint density at radius 2 is 1.55 bits per heavy atom. The van der Waals surface area contributed by atoms with E-state index in [1.807, 2.05) is 0 Å². The summed E-state index contributed by atoms with van der Waals surface area (Å²) >= 11 is 0. The van der Waals surface area contributed by atoms with Gasteiger partial charge in [0.2, 0.25) is 13.1 Å². The molecular weight excluding hydrogens is 519 g/mol. The number of nitrogens with zero attached hydrogens (tertiary/aromatic N) is 3. The van der Waals surface area contributed by atoms with Crippen LogP contribution in [0.25, 0.3) is 11.4 Å². The minimum absolute atomic E-state index is 0.0441. The van der Waals surface area contributed by atoms with Gasteiger partial charge in [-0.05, 0) is 43.2 Å². The Morgan fingerprint density at radius 1 is 0.947 bits per heavy atom. The highest BCUT2D eigenvalue weighted by atomic mass is 32.2. The van der Waals surface area contributed by atoms with Crippen LogP contribution < -0.4 is 9.13 Å². The van der Waals surface area contributed by atoms with Crippen molar-refractivity contribution in [3.63, 3.8) is 0 Å². The predicted molar refractivity (Wildman–Crippen MR) is 129 cm³/mol. The number of aryl methyl sites for hydroxylation is 2. The van der Waals surface area contributed by atoms with Gasteiger partial charge in [-0.15, -0.1) is 0 Å². The summed E-state index contributed by atoms with van der Waals surface area (Å²) in [6.45, 7) is 2.13. The van der Waals surface area contributed by atoms with Gasteiger partial charge in [-0.3, -0.25) is 4.79 Å². The van der Waals surface area contributed by atoms with E-state index in [1.165, 1.54) is 17.6 Å². The molecule has 1 aliphatic carbocycles. The molecule has 0 radical (unpaired) electrons. The Labute approximate surface area is 217 Å². The fraction of sp³-hybridized carbons (Fsp3) is 0.259. The van der Waals surface area contributed by atoms with E-state index in [1.54, 1.807) is 0 Å². The van der Waals surface area contributed by atoms with Crippen molar-refractivity contribution in [3.05, 3.63) is 95.6 Å². The third-order valence-corrected chi connectivity index (χ3v) is 7.61. The summed E-state index contributed by atoms with van der Waals surface area (Å²) < 4.78 is 71.9. The second kappa shape index (κ2) is 9.79. The maximum absolute atomic E-state index is 12.8. The van der Waals surface area contributed by atoms with Gasteiger partial charge in [-0.25, -0.2) is 8.42 Å². The second-order valence-corrected chi connectivity index (χ2v) is 11.2. The average molecular weight is 544 g/mol. The van der Waals surface area contributed by atoms with E-state index in [4.69, 9.17) is 4.52 Å². The molecule has 11 heteroatoms. The van der Waals surface area contributed by atoms with Crippen molar-refractivity contribution in [2.45, 2.75) is 42.9 Å². The van der Waals surface area contributed by atoms with E-state index in [0.717, 1.165) is 38.3 Å². The number of pyridine rings is 2. The van der Waals surface area contributed by atoms with Crippen molar-refractivity contribution < 1.29 is 40.0 Å². The van der Waals surface area contributed by atoms with Crippen molar-refractivity contribution in [3.8, 4) is 11.4 Å². The fourth-order valence-corrected chi connectivity index (χ4v) is 5.32. The number of ketones is 1. The number of alkyl halides is 3. The number of fused-ring (bicyclic) bond motifs is 3. The van der Waals surface area contributed by atoms with Gasteiger partial charge in [-0.2, -0.15) is 22.3 Å². The number of halogens is 3. The number of hydrogen-bond donors (Lipinski definition) is 0. The third-order valence-electron chi connectivity index (χ3n) is 6.47. The summed E-state index contributed by atoms with van der Waals surface area (Å²) in [4.78, 5) is 12.0. The zero-order valence-electron chi connectivity index (χ0n) is 20.4. The number of benzene rings is 1. The first kappa shape index (κ1) is 25.8. The molecule has 1 fully saturated rings. The molecule has 1 aromatic carbocycles. The van der Waals surface area contributed by atoms with Gasteiger partial charge in [0.05, 0.1) is 22.2 Å². The molecule has 1 saturated carbocycles. The van der Waals surface area contributed by atoms with E-state index < -0.39 is 32.3 Å². The molecule has 0 bridgehead atoms. The van der Waals surface area contributed by atoms with Crippen LogP contribution in [0.5, 0.6) is 0 Å². The highest BCUT2D eigenvalue weighted by Gasteiger charge is 2.36. The number of aromatic nitrogens is 3. The average Bonchev–Trinajstić information content (AvgIpc) is 3.63. The number of rotatable bonds is 4. The zero-order chi connectivity index (χ0) is 27.1. The lowest BCUT2D eigenvalue weighted by Crippen LogP contribution is -2.52. The standard InChI is InChI=1S/C15H12F3NO4S.C12H12N2/c1-24(21,22)12-6-9(15(16,17)18)4-5-10(12)13(20)11-7-19-23-14(11)8-2-3-8;1-3-7-13-9-10-14-8-4-2-6-12(14)11(13)5-1/h4-8H,2-3H2,1H3;1-8H,9-10H2/q;+2. The summed E-state index contributed by atoms with van der Waals surface area (Å²) in [6, 6.07) is 14.7. The lowest BCUT2D eigenvalue weighted by atomic mass is 10.0. The summed E-state index contributed by atoms with van der Waals surface area (Å²) in [5.41, 5.74) is 1.24. The highest BCUT2D eigenvalue weighted by Crippen LogP contribution is 2.42. The van der Waals surface area contributed by atoms with Crippen LogP contribution in [0.3, 0.4) is 0 Å². The molecule has 4 aromatic rings. The SMILES string of the molecule is CS(=O)(=O)c1cc(C(F)(F)F)ccc1C(=O)c1cnoc1C1CC1.c1cc[n+]2c(c1)-c1cccc[n+]1CC2. The molecule has 0 spiro atoms. The van der Waals surface area contributed by atoms with Gasteiger partial charge < -0.3 is 4.52 Å². The second-order valence-electron chi connectivity index (χ2n) is 9.25. The Bertz CT molecular complexity index is 1580. The van der Waals surface area contributed by atoms with Crippen LogP contribution in [0, 0.1) is 0 Å². The largest absolute Gasteiger partial charge is 0.416 e. The monoisotopic (exact) mass is 543 g/mol. The number of sulfone groups is 1.